The van der Waals surface area contributed by atoms with Gasteiger partial charge in [-0.1, -0.05) is 66.7 Å². The lowest BCUT2D eigenvalue weighted by Gasteiger charge is -2.16. The fourth-order valence-electron chi connectivity index (χ4n) is 4.17. The van der Waals surface area contributed by atoms with Crippen molar-refractivity contribution >= 4 is 62.3 Å². The lowest BCUT2D eigenvalue weighted by atomic mass is 10.2. The normalized spacial score (nSPS) is 10.6. The number of anilines is 6. The molecule has 0 fully saturated rings. The van der Waals surface area contributed by atoms with Crippen molar-refractivity contribution in [1.82, 2.24) is 0 Å². The summed E-state index contributed by atoms with van der Waals surface area (Å²) in [7, 11) is -4.50. The average molecular weight is 637 g/mol. The van der Waals surface area contributed by atoms with E-state index >= 15 is 0 Å². The summed E-state index contributed by atoms with van der Waals surface area (Å²) in [6.45, 7) is 0. The lowest BCUT2D eigenvalue weighted by Crippen LogP contribution is -2.23. The molecule has 232 valence electrons. The second kappa shape index (κ2) is 14.4. The highest BCUT2D eigenvalue weighted by Gasteiger charge is 2.23. The number of amides is 6. The molecular formula is C33H28N6O6S. The van der Waals surface area contributed by atoms with Crippen molar-refractivity contribution in [1.29, 1.82) is 0 Å². The molecular weight excluding hydrogens is 608 g/mol. The van der Waals surface area contributed by atoms with Gasteiger partial charge in [-0.3, -0.25) is 0 Å². The molecule has 0 aliphatic heterocycles. The fourth-order valence-corrected chi connectivity index (χ4v) is 5.25. The zero-order chi connectivity index (χ0) is 32.4. The average Bonchev–Trinajstić information content (AvgIpc) is 3.03. The summed E-state index contributed by atoms with van der Waals surface area (Å²) in [4.78, 5) is 37.9. The minimum atomic E-state index is -4.50. The van der Waals surface area contributed by atoms with Crippen LogP contribution >= 0.6 is 0 Å². The second-order valence-electron chi connectivity index (χ2n) is 9.58. The highest BCUT2D eigenvalue weighted by molar-refractivity contribution is 7.87. The van der Waals surface area contributed by atoms with E-state index in [4.69, 9.17) is 4.18 Å². The Bertz CT molecular complexity index is 1940. The Hall–Kier alpha value is -6.34. The first-order valence-electron chi connectivity index (χ1n) is 13.8. The number of benzene rings is 5. The number of nitrogens with one attached hydrogen (secondary N) is 6. The van der Waals surface area contributed by atoms with Crippen molar-refractivity contribution in [3.05, 3.63) is 133 Å². The molecule has 0 bridgehead atoms. The Morgan fingerprint density at radius 3 is 1.35 bits per heavy atom. The molecule has 0 saturated carbocycles. The molecule has 0 atom stereocenters. The molecule has 6 amide bonds. The largest absolute Gasteiger partial charge is 0.379 e. The molecule has 0 spiro atoms. The third kappa shape index (κ3) is 8.61. The van der Waals surface area contributed by atoms with E-state index in [1.807, 2.05) is 0 Å². The molecule has 0 heterocycles. The van der Waals surface area contributed by atoms with Gasteiger partial charge in [-0.25, -0.2) is 14.4 Å². The van der Waals surface area contributed by atoms with E-state index in [-0.39, 0.29) is 27.7 Å². The maximum atomic E-state index is 13.4. The number of hydrogen-bond donors (Lipinski definition) is 6. The third-order valence-electron chi connectivity index (χ3n) is 6.19. The number of carbonyl (C=O) groups excluding carboxylic acids is 3. The van der Waals surface area contributed by atoms with E-state index in [1.54, 1.807) is 97.1 Å². The van der Waals surface area contributed by atoms with Crippen LogP contribution in [-0.4, -0.2) is 26.5 Å². The third-order valence-corrected chi connectivity index (χ3v) is 7.50. The first-order chi connectivity index (χ1) is 22.2. The number of urea groups is 3. The van der Waals surface area contributed by atoms with E-state index in [1.165, 1.54) is 36.4 Å². The Balaban J connectivity index is 1.37. The Kier molecular flexibility index (Phi) is 9.75. The van der Waals surface area contributed by atoms with Crippen molar-refractivity contribution in [2.24, 2.45) is 0 Å². The van der Waals surface area contributed by atoms with Crippen LogP contribution in [0.25, 0.3) is 0 Å². The molecule has 13 heteroatoms. The van der Waals surface area contributed by atoms with Crippen LogP contribution in [0.3, 0.4) is 0 Å². The van der Waals surface area contributed by atoms with Gasteiger partial charge in [0.1, 0.15) is 10.6 Å². The van der Waals surface area contributed by atoms with Crippen LogP contribution < -0.4 is 36.1 Å². The molecule has 6 N–H and O–H groups in total. The van der Waals surface area contributed by atoms with Crippen LogP contribution in [0.2, 0.25) is 0 Å². The van der Waals surface area contributed by atoms with Gasteiger partial charge in [-0.05, 0) is 60.7 Å². The molecule has 5 aromatic rings. The highest BCUT2D eigenvalue weighted by atomic mass is 32.2. The van der Waals surface area contributed by atoms with E-state index in [9.17, 15) is 22.8 Å². The lowest BCUT2D eigenvalue weighted by molar-refractivity contribution is 0.261. The van der Waals surface area contributed by atoms with Crippen LogP contribution in [0.1, 0.15) is 0 Å². The minimum Gasteiger partial charge on any atom is -0.379 e. The van der Waals surface area contributed by atoms with Gasteiger partial charge in [0.05, 0.1) is 17.1 Å². The van der Waals surface area contributed by atoms with E-state index < -0.39 is 28.2 Å². The van der Waals surface area contributed by atoms with Crippen molar-refractivity contribution in [3.8, 4) is 5.75 Å². The van der Waals surface area contributed by atoms with Crippen LogP contribution in [0.5, 0.6) is 5.75 Å². The predicted molar refractivity (Wildman–Crippen MR) is 178 cm³/mol. The van der Waals surface area contributed by atoms with Gasteiger partial charge in [-0.2, -0.15) is 8.42 Å². The van der Waals surface area contributed by atoms with Gasteiger partial charge in [0.15, 0.2) is 0 Å². The van der Waals surface area contributed by atoms with Crippen molar-refractivity contribution in [2.75, 3.05) is 31.9 Å². The first kappa shape index (κ1) is 31.1. The number of rotatable bonds is 9. The molecule has 5 rings (SSSR count). The molecule has 46 heavy (non-hydrogen) atoms. The Labute approximate surface area is 264 Å². The number of para-hydroxylation sites is 4. The zero-order valence-corrected chi connectivity index (χ0v) is 24.9. The van der Waals surface area contributed by atoms with Gasteiger partial charge < -0.3 is 36.1 Å². The smallest absolute Gasteiger partial charge is 0.341 e. The zero-order valence-electron chi connectivity index (χ0n) is 24.1. The van der Waals surface area contributed by atoms with Gasteiger partial charge >= 0.3 is 28.2 Å². The topological polar surface area (TPSA) is 167 Å². The maximum absolute atomic E-state index is 13.4. The van der Waals surface area contributed by atoms with Gasteiger partial charge in [0.2, 0.25) is 0 Å². The summed E-state index contributed by atoms with van der Waals surface area (Å²) in [5.74, 6) is -0.174. The van der Waals surface area contributed by atoms with Gasteiger partial charge in [0.25, 0.3) is 0 Å². The molecule has 0 aliphatic rings. The number of carbonyl (C=O) groups is 3. The molecule has 0 unspecified atom stereocenters. The highest BCUT2D eigenvalue weighted by Crippen LogP contribution is 2.31. The molecule has 5 aromatic carbocycles. The Morgan fingerprint density at radius 2 is 0.848 bits per heavy atom. The summed E-state index contributed by atoms with van der Waals surface area (Å²) >= 11 is 0. The van der Waals surface area contributed by atoms with Crippen LogP contribution in [0.4, 0.5) is 48.5 Å². The molecule has 12 nitrogen and oxygen atoms in total. The van der Waals surface area contributed by atoms with Crippen molar-refractivity contribution < 1.29 is 27.0 Å². The summed E-state index contributed by atoms with van der Waals surface area (Å²) < 4.78 is 32.3. The van der Waals surface area contributed by atoms with Gasteiger partial charge in [-0.15, -0.1) is 0 Å². The minimum absolute atomic E-state index is 0.0209. The second-order valence-corrected chi connectivity index (χ2v) is 11.1. The van der Waals surface area contributed by atoms with Crippen molar-refractivity contribution in [2.45, 2.75) is 4.90 Å². The van der Waals surface area contributed by atoms with Crippen LogP contribution in [0.15, 0.2) is 138 Å². The van der Waals surface area contributed by atoms with E-state index in [2.05, 4.69) is 31.9 Å². The Morgan fingerprint density at radius 1 is 0.435 bits per heavy atom. The fraction of sp³-hybridized carbons (Fsp3) is 0. The SMILES string of the molecule is O=C(Nc1ccccc1)Nc1ccc(OS(=O)(=O)c2ccccc2NC(=O)Nc2ccccc2)cc1NC(=O)Nc1ccccc1. The standard InChI is InChI=1S/C33H28N6O6S/c40-31(34-23-12-4-1-5-13-23)37-27-21-20-26(22-29(27)39-33(42)36-25-16-8-3-9-17-25)45-46(43,44)30-19-11-10-18-28(30)38-32(41)35-24-14-6-2-7-15-24/h1-22H,(H2,34,37,40)(H2,35,38,41)(H2,36,39,42). The molecule has 0 aromatic heterocycles. The van der Waals surface area contributed by atoms with Crippen LogP contribution in [0, 0.1) is 0 Å². The monoisotopic (exact) mass is 636 g/mol. The summed E-state index contributed by atoms with van der Waals surface area (Å²) in [6.07, 6.45) is 0. The summed E-state index contributed by atoms with van der Waals surface area (Å²) in [5.41, 5.74) is 1.73. The molecule has 0 aliphatic carbocycles. The van der Waals surface area contributed by atoms with Crippen LogP contribution in [-0.2, 0) is 10.1 Å². The van der Waals surface area contributed by atoms with E-state index in [0.29, 0.717) is 17.1 Å². The quantitative estimate of drug-likeness (QED) is 0.0923. The molecule has 0 radical (unpaired) electrons. The first-order valence-corrected chi connectivity index (χ1v) is 15.2. The maximum Gasteiger partial charge on any atom is 0.341 e. The van der Waals surface area contributed by atoms with Crippen molar-refractivity contribution in [3.63, 3.8) is 0 Å². The summed E-state index contributed by atoms with van der Waals surface area (Å²) in [6, 6.07) is 33.8. The van der Waals surface area contributed by atoms with E-state index in [0.717, 1.165) is 0 Å². The number of hydrogen-bond acceptors (Lipinski definition) is 6. The van der Waals surface area contributed by atoms with Gasteiger partial charge in [0, 0.05) is 23.1 Å². The molecule has 0 saturated heterocycles. The predicted octanol–water partition coefficient (Wildman–Crippen LogP) is 7.39. The summed E-state index contributed by atoms with van der Waals surface area (Å²) in [5, 5.41) is 15.8.